The smallest absolute Gasteiger partial charge is 0.380 e. The van der Waals surface area contributed by atoms with Crippen LogP contribution in [0, 0.1) is 0 Å². The van der Waals surface area contributed by atoms with E-state index in [1.54, 1.807) is 60.7 Å². The van der Waals surface area contributed by atoms with Crippen molar-refractivity contribution >= 4 is 17.5 Å². The van der Waals surface area contributed by atoms with Crippen LogP contribution in [0.25, 0.3) is 28.2 Å². The zero-order valence-corrected chi connectivity index (χ0v) is 21.6. The van der Waals surface area contributed by atoms with Gasteiger partial charge in [-0.25, -0.2) is 0 Å². The summed E-state index contributed by atoms with van der Waals surface area (Å²) in [6.45, 7) is 2.52. The second kappa shape index (κ2) is 11.6. The van der Waals surface area contributed by atoms with Crippen molar-refractivity contribution in [1.29, 1.82) is 0 Å². The number of pyridine rings is 1. The number of hydrogen-bond acceptors (Lipinski definition) is 4. The maximum atomic E-state index is 14.0. The van der Waals surface area contributed by atoms with Gasteiger partial charge < -0.3 is 19.9 Å². The average Bonchev–Trinajstić information content (AvgIpc) is 3.61. The van der Waals surface area contributed by atoms with Gasteiger partial charge in [0.2, 0.25) is 0 Å². The van der Waals surface area contributed by atoms with E-state index in [2.05, 4.69) is 15.6 Å². The Labute approximate surface area is 228 Å². The Bertz CT molecular complexity index is 1430. The first-order valence-corrected chi connectivity index (χ1v) is 12.9. The lowest BCUT2D eigenvalue weighted by Gasteiger charge is -2.19. The lowest BCUT2D eigenvalue weighted by atomic mass is 10.1. The van der Waals surface area contributed by atoms with Gasteiger partial charge in [0, 0.05) is 42.5 Å². The molecule has 0 saturated carbocycles. The van der Waals surface area contributed by atoms with Crippen LogP contribution in [0.1, 0.15) is 22.3 Å². The standard InChI is InChI=1S/C29H26ClF3N4O2/c30-22-7-5-20(6-8-22)26-10-9-25(37(26)27-17-34-13-11-24(27)29(31,32)33)19-1-3-21(4-2-19)28(38)36-15-14-35-23-12-16-39-18-23/h1-11,13,17,23,35H,12,14-16,18H2,(H,36,38)/t23-/m0/s1. The van der Waals surface area contributed by atoms with E-state index in [-0.39, 0.29) is 11.6 Å². The molecule has 0 bridgehead atoms. The summed E-state index contributed by atoms with van der Waals surface area (Å²) in [7, 11) is 0. The summed E-state index contributed by atoms with van der Waals surface area (Å²) >= 11 is 6.05. The zero-order chi connectivity index (χ0) is 27.4. The molecule has 1 saturated heterocycles. The number of benzene rings is 2. The molecule has 1 amide bonds. The molecule has 0 unspecified atom stereocenters. The van der Waals surface area contributed by atoms with Crippen LogP contribution in [-0.2, 0) is 10.9 Å². The van der Waals surface area contributed by atoms with Crippen molar-refractivity contribution in [2.24, 2.45) is 0 Å². The summed E-state index contributed by atoms with van der Waals surface area (Å²) in [5, 5.41) is 6.74. The van der Waals surface area contributed by atoms with E-state index in [4.69, 9.17) is 16.3 Å². The lowest BCUT2D eigenvalue weighted by molar-refractivity contribution is -0.137. The fourth-order valence-corrected chi connectivity index (χ4v) is 4.74. The van der Waals surface area contributed by atoms with Crippen molar-refractivity contribution < 1.29 is 22.7 Å². The molecule has 5 rings (SSSR count). The number of amides is 1. The number of carbonyl (C=O) groups is 1. The number of alkyl halides is 3. The third kappa shape index (κ3) is 6.16. The zero-order valence-electron chi connectivity index (χ0n) is 20.8. The highest BCUT2D eigenvalue weighted by Crippen LogP contribution is 2.39. The molecule has 2 aromatic heterocycles. The van der Waals surface area contributed by atoms with E-state index in [1.807, 2.05) is 0 Å². The Morgan fingerprint density at radius 2 is 1.64 bits per heavy atom. The van der Waals surface area contributed by atoms with E-state index in [0.29, 0.717) is 58.8 Å². The number of halogens is 4. The van der Waals surface area contributed by atoms with Gasteiger partial charge in [0.05, 0.1) is 35.4 Å². The quantitative estimate of drug-likeness (QED) is 0.263. The maximum Gasteiger partial charge on any atom is 0.418 e. The number of ether oxygens (including phenoxy) is 1. The lowest BCUT2D eigenvalue weighted by Crippen LogP contribution is -2.37. The van der Waals surface area contributed by atoms with Gasteiger partial charge in [-0.05, 0) is 60.0 Å². The normalized spacial score (nSPS) is 15.4. The molecule has 3 heterocycles. The summed E-state index contributed by atoms with van der Waals surface area (Å²) < 4.78 is 48.9. The fraction of sp³-hybridized carbons (Fsp3) is 0.241. The molecule has 10 heteroatoms. The molecule has 0 radical (unpaired) electrons. The van der Waals surface area contributed by atoms with Crippen LogP contribution in [0.2, 0.25) is 5.02 Å². The van der Waals surface area contributed by atoms with Crippen LogP contribution in [0.15, 0.2) is 79.1 Å². The van der Waals surface area contributed by atoms with Crippen LogP contribution in [0.3, 0.4) is 0 Å². The molecule has 6 nitrogen and oxygen atoms in total. The van der Waals surface area contributed by atoms with E-state index in [0.717, 1.165) is 25.3 Å². The van der Waals surface area contributed by atoms with Gasteiger partial charge in [-0.2, -0.15) is 13.2 Å². The number of rotatable bonds is 8. The monoisotopic (exact) mass is 554 g/mol. The van der Waals surface area contributed by atoms with Gasteiger partial charge in [-0.15, -0.1) is 0 Å². The summed E-state index contributed by atoms with van der Waals surface area (Å²) in [5.74, 6) is -0.227. The van der Waals surface area contributed by atoms with Crippen molar-refractivity contribution in [2.75, 3.05) is 26.3 Å². The highest BCUT2D eigenvalue weighted by Gasteiger charge is 2.35. The minimum atomic E-state index is -4.58. The van der Waals surface area contributed by atoms with Gasteiger partial charge >= 0.3 is 6.18 Å². The molecule has 0 spiro atoms. The molecule has 2 N–H and O–H groups in total. The molecule has 0 aliphatic carbocycles. The highest BCUT2D eigenvalue weighted by atomic mass is 35.5. The van der Waals surface area contributed by atoms with Crippen molar-refractivity contribution in [3.8, 4) is 28.2 Å². The molecular weight excluding hydrogens is 529 g/mol. The molecular formula is C29H26ClF3N4O2. The van der Waals surface area contributed by atoms with E-state index in [9.17, 15) is 18.0 Å². The number of aromatic nitrogens is 2. The molecule has 1 fully saturated rings. The second-order valence-electron chi connectivity index (χ2n) is 9.18. The number of nitrogens with one attached hydrogen (secondary N) is 2. The van der Waals surface area contributed by atoms with Gasteiger partial charge in [0.1, 0.15) is 0 Å². The topological polar surface area (TPSA) is 68.2 Å². The minimum absolute atomic E-state index is 0.100. The van der Waals surface area contributed by atoms with Gasteiger partial charge in [0.25, 0.3) is 5.91 Å². The maximum absolute atomic E-state index is 14.0. The molecule has 1 aliphatic rings. The van der Waals surface area contributed by atoms with Crippen LogP contribution in [-0.4, -0.2) is 47.8 Å². The molecule has 1 aliphatic heterocycles. The Balaban J connectivity index is 1.44. The molecule has 39 heavy (non-hydrogen) atoms. The Hall–Kier alpha value is -3.66. The molecule has 202 valence electrons. The number of hydrogen-bond donors (Lipinski definition) is 2. The van der Waals surface area contributed by atoms with E-state index < -0.39 is 11.7 Å². The van der Waals surface area contributed by atoms with E-state index >= 15 is 0 Å². The minimum Gasteiger partial charge on any atom is -0.380 e. The average molecular weight is 555 g/mol. The fourth-order valence-electron chi connectivity index (χ4n) is 4.61. The Morgan fingerprint density at radius 1 is 0.974 bits per heavy atom. The summed E-state index contributed by atoms with van der Waals surface area (Å²) in [4.78, 5) is 16.6. The van der Waals surface area contributed by atoms with Crippen molar-refractivity contribution in [1.82, 2.24) is 20.2 Å². The molecule has 4 aromatic rings. The second-order valence-corrected chi connectivity index (χ2v) is 9.62. The SMILES string of the molecule is O=C(NCCN[C@H]1CCOC1)c1ccc(-c2ccc(-c3ccc(Cl)cc3)n2-c2cnccc2C(F)(F)F)cc1. The third-order valence-electron chi connectivity index (χ3n) is 6.58. The predicted octanol–water partition coefficient (Wildman–Crippen LogP) is 5.99. The Kier molecular flexibility index (Phi) is 8.02. The van der Waals surface area contributed by atoms with Crippen molar-refractivity contribution in [3.05, 3.63) is 95.3 Å². The van der Waals surface area contributed by atoms with Crippen LogP contribution >= 0.6 is 11.6 Å². The predicted molar refractivity (Wildman–Crippen MR) is 144 cm³/mol. The van der Waals surface area contributed by atoms with Crippen LogP contribution < -0.4 is 10.6 Å². The summed E-state index contributed by atoms with van der Waals surface area (Å²) in [5.41, 5.74) is 1.95. The number of carbonyl (C=O) groups excluding carboxylic acids is 1. The molecule has 2 aromatic carbocycles. The highest BCUT2D eigenvalue weighted by molar-refractivity contribution is 6.30. The van der Waals surface area contributed by atoms with Crippen molar-refractivity contribution in [3.63, 3.8) is 0 Å². The van der Waals surface area contributed by atoms with Crippen LogP contribution in [0.5, 0.6) is 0 Å². The van der Waals surface area contributed by atoms with Gasteiger partial charge in [-0.1, -0.05) is 35.9 Å². The molecule has 1 atom stereocenters. The Morgan fingerprint density at radius 3 is 2.26 bits per heavy atom. The van der Waals surface area contributed by atoms with Gasteiger partial charge in [0.15, 0.2) is 0 Å². The first kappa shape index (κ1) is 26.9. The first-order valence-electron chi connectivity index (χ1n) is 12.5. The van der Waals surface area contributed by atoms with Gasteiger partial charge in [-0.3, -0.25) is 9.78 Å². The summed E-state index contributed by atoms with van der Waals surface area (Å²) in [6.07, 6.45) is -1.29. The number of nitrogens with zero attached hydrogens (tertiary/aromatic N) is 2. The van der Waals surface area contributed by atoms with Crippen molar-refractivity contribution in [2.45, 2.75) is 18.6 Å². The van der Waals surface area contributed by atoms with E-state index in [1.165, 1.54) is 10.8 Å². The summed E-state index contributed by atoms with van der Waals surface area (Å²) in [6, 6.07) is 18.5. The first-order chi connectivity index (χ1) is 18.8. The largest absolute Gasteiger partial charge is 0.418 e. The third-order valence-corrected chi connectivity index (χ3v) is 6.84. The van der Waals surface area contributed by atoms with Crippen LogP contribution in [0.4, 0.5) is 13.2 Å².